The Balaban J connectivity index is 0.000000198. The Labute approximate surface area is 479 Å². The molecule has 2 unspecified atom stereocenters. The Kier molecular flexibility index (Phi) is 19.1. The molecule has 6 N–H and O–H groups in total. The molecule has 10 rings (SSSR count). The number of nitrogen functional groups attached to an aromatic ring is 2. The van der Waals surface area contributed by atoms with Crippen molar-refractivity contribution in [3.05, 3.63) is 210 Å². The molecule has 0 aliphatic carbocycles. The minimum Gasteiger partial charge on any atom is -0.424 e. The van der Waals surface area contributed by atoms with Crippen molar-refractivity contribution in [2.24, 2.45) is 0 Å². The number of H-pyrrole nitrogens is 2. The lowest BCUT2D eigenvalue weighted by Crippen LogP contribution is -2.13. The summed E-state index contributed by atoms with van der Waals surface area (Å²) in [6.45, 7) is 7.22. The van der Waals surface area contributed by atoms with Gasteiger partial charge in [0.15, 0.2) is 45.4 Å². The monoisotopic (exact) mass is 1220 g/mol. The molecule has 8 aromatic rings. The SMILES string of the molecule is C=C1OC(COP(=O)(COCCn2cnc3c(=O)[nH]c(N)nc32)OCc2cccc(Cl)c2)=C(c2ccc(Cl)cc2)O1.C=C1OC(COP(=O)(COCCn2cnc3c(=O)[nH]c(N)nc32)OCc2cccc(Cl)c2)=C(c2ccc(F)cc2)O1. The quantitative estimate of drug-likeness (QED) is 0.0323. The van der Waals surface area contributed by atoms with E-state index in [-0.39, 0.29) is 117 Å². The molecule has 24 nitrogen and oxygen atoms in total. The van der Waals surface area contributed by atoms with Gasteiger partial charge in [0, 0.05) is 39.3 Å². The lowest BCUT2D eigenvalue weighted by molar-refractivity contribution is 0.114. The fourth-order valence-corrected chi connectivity index (χ4v) is 10.7. The molecule has 428 valence electrons. The van der Waals surface area contributed by atoms with Gasteiger partial charge in [0.05, 0.1) is 39.1 Å². The molecule has 0 saturated carbocycles. The summed E-state index contributed by atoms with van der Waals surface area (Å²) >= 11 is 18.1. The van der Waals surface area contributed by atoms with E-state index < -0.39 is 38.5 Å². The number of hydrogen-bond acceptors (Lipinski definition) is 20. The van der Waals surface area contributed by atoms with E-state index >= 15 is 0 Å². The molecule has 0 bridgehead atoms. The Hall–Kier alpha value is -7.64. The largest absolute Gasteiger partial charge is 0.424 e. The highest BCUT2D eigenvalue weighted by Gasteiger charge is 2.33. The van der Waals surface area contributed by atoms with Gasteiger partial charge >= 0.3 is 15.2 Å². The first-order chi connectivity index (χ1) is 39.4. The van der Waals surface area contributed by atoms with Crippen molar-refractivity contribution in [3.63, 3.8) is 0 Å². The van der Waals surface area contributed by atoms with Crippen molar-refractivity contribution >= 4 is 95.7 Å². The van der Waals surface area contributed by atoms with Crippen molar-refractivity contribution < 1.29 is 60.0 Å². The number of imidazole rings is 2. The highest BCUT2D eigenvalue weighted by Crippen LogP contribution is 2.51. The van der Waals surface area contributed by atoms with Crippen LogP contribution in [-0.4, -0.2) is 78.2 Å². The van der Waals surface area contributed by atoms with Gasteiger partial charge in [-0.1, -0.05) is 59.1 Å². The Bertz CT molecular complexity index is 3700. The molecular weight excluding hydrogens is 1180 g/mol. The summed E-state index contributed by atoms with van der Waals surface area (Å²) in [6, 6.07) is 26.2. The number of aromatic nitrogens is 8. The third-order valence-corrected chi connectivity index (χ3v) is 15.3. The Morgan fingerprint density at radius 1 is 0.573 bits per heavy atom. The van der Waals surface area contributed by atoms with Crippen LogP contribution in [0.25, 0.3) is 33.8 Å². The summed E-state index contributed by atoms with van der Waals surface area (Å²) in [4.78, 5) is 45.1. The Morgan fingerprint density at radius 2 is 0.988 bits per heavy atom. The fraction of sp³-hybridized carbons (Fsp3) is 0.192. The van der Waals surface area contributed by atoms with E-state index in [1.807, 2.05) is 0 Å². The molecule has 0 fully saturated rings. The van der Waals surface area contributed by atoms with E-state index in [2.05, 4.69) is 43.1 Å². The van der Waals surface area contributed by atoms with E-state index in [4.69, 9.17) is 92.8 Å². The molecule has 30 heteroatoms. The number of fused-ring (bicyclic) bond motifs is 2. The average Bonchev–Trinajstić information content (AvgIpc) is 4.38. The summed E-state index contributed by atoms with van der Waals surface area (Å²) in [5.74, 6) is 0.534. The van der Waals surface area contributed by atoms with E-state index in [0.29, 0.717) is 48.7 Å². The number of nitrogens with two attached hydrogens (primary N) is 2. The van der Waals surface area contributed by atoms with E-state index in [1.54, 1.807) is 81.9 Å². The lowest BCUT2D eigenvalue weighted by atomic mass is 10.1. The number of benzene rings is 4. The zero-order valence-electron chi connectivity index (χ0n) is 42.8. The van der Waals surface area contributed by atoms with Crippen LogP contribution in [0.5, 0.6) is 0 Å². The van der Waals surface area contributed by atoms with Gasteiger partial charge in [0.25, 0.3) is 23.0 Å². The fourth-order valence-electron chi connectivity index (χ4n) is 7.67. The third-order valence-electron chi connectivity index (χ3n) is 11.5. The van der Waals surface area contributed by atoms with Gasteiger partial charge in [-0.25, -0.2) is 14.4 Å². The summed E-state index contributed by atoms with van der Waals surface area (Å²) in [5, 5.41) is 1.55. The molecule has 2 atom stereocenters. The number of nitrogens with one attached hydrogen (secondary N) is 2. The maximum absolute atomic E-state index is 13.8. The van der Waals surface area contributed by atoms with Gasteiger partial charge in [-0.2, -0.15) is 9.97 Å². The number of rotatable bonds is 24. The lowest BCUT2D eigenvalue weighted by Gasteiger charge is -2.19. The number of ether oxygens (including phenoxy) is 6. The standard InChI is InChI=1S/C26H24Cl2N5O7P.C26H24ClFN5O7P/c1-16-39-21(23(40-16)18-5-7-19(27)8-6-18)13-38-41(35,37-12-17-3-2-4-20(28)11-17)15-36-10-9-33-14-30-22-24(33)31-26(29)32-25(22)34;1-16-39-21(23(40-16)18-5-7-20(28)8-6-18)13-38-41(35,37-12-17-3-2-4-19(27)11-17)15-36-10-9-33-14-30-22-24(33)31-26(29)32-25(22)34/h2*2-8,11,14H,1,9-10,12-13,15H2,(H3,29,31,32,34). The second-order valence-corrected chi connectivity index (χ2v) is 22.7. The highest BCUT2D eigenvalue weighted by molar-refractivity contribution is 7.53. The van der Waals surface area contributed by atoms with Crippen molar-refractivity contribution in [2.45, 2.75) is 26.3 Å². The first kappa shape index (κ1) is 59.0. The molecule has 2 aliphatic rings. The van der Waals surface area contributed by atoms with Crippen LogP contribution in [0, 0.1) is 5.82 Å². The van der Waals surface area contributed by atoms with Gasteiger partial charge in [-0.05, 0) is 97.1 Å². The molecule has 82 heavy (non-hydrogen) atoms. The summed E-state index contributed by atoms with van der Waals surface area (Å²) in [6.07, 6.45) is 2.06. The van der Waals surface area contributed by atoms with Crippen LogP contribution < -0.4 is 22.6 Å². The smallest absolute Gasteiger partial charge is 0.356 e. The maximum Gasteiger partial charge on any atom is 0.356 e. The van der Waals surface area contributed by atoms with E-state index in [1.165, 1.54) is 36.9 Å². The van der Waals surface area contributed by atoms with Crippen molar-refractivity contribution in [1.82, 2.24) is 39.0 Å². The van der Waals surface area contributed by atoms with Crippen LogP contribution in [0.3, 0.4) is 0 Å². The number of nitrogens with zero attached hydrogens (tertiary/aromatic N) is 6. The number of halogens is 4. The van der Waals surface area contributed by atoms with Crippen LogP contribution in [0.1, 0.15) is 22.3 Å². The average molecular weight is 1220 g/mol. The zero-order valence-corrected chi connectivity index (χ0v) is 46.9. The molecule has 0 saturated heterocycles. The van der Waals surface area contributed by atoms with Gasteiger partial charge in [0.1, 0.15) is 31.7 Å². The van der Waals surface area contributed by atoms with Crippen LogP contribution in [-0.2, 0) is 81.9 Å². The second kappa shape index (κ2) is 26.5. The normalized spacial score (nSPS) is 14.7. The number of aromatic amines is 2. The molecule has 0 radical (unpaired) electrons. The molecule has 4 aromatic heterocycles. The summed E-state index contributed by atoms with van der Waals surface area (Å²) in [7, 11) is -7.78. The zero-order chi connectivity index (χ0) is 58.0. The molecule has 0 spiro atoms. The number of anilines is 2. The molecule has 4 aromatic carbocycles. The first-order valence-corrected chi connectivity index (χ1v) is 28.9. The van der Waals surface area contributed by atoms with Crippen molar-refractivity contribution in [2.75, 3.05) is 50.6 Å². The second-order valence-electron chi connectivity index (χ2n) is 17.4. The molecule has 0 amide bonds. The van der Waals surface area contributed by atoms with E-state index in [0.717, 1.165) is 0 Å². The molecule has 6 heterocycles. The Morgan fingerprint density at radius 3 is 1.41 bits per heavy atom. The van der Waals surface area contributed by atoms with E-state index in [9.17, 15) is 23.1 Å². The van der Waals surface area contributed by atoms with Crippen LogP contribution in [0.15, 0.2) is 156 Å². The maximum atomic E-state index is 13.8. The van der Waals surface area contributed by atoms with Crippen LogP contribution in [0.4, 0.5) is 16.3 Å². The van der Waals surface area contributed by atoms with Gasteiger partial charge in [-0.3, -0.25) is 37.7 Å². The minimum atomic E-state index is -3.91. The topological polar surface area (TPSA) is 306 Å². The summed E-state index contributed by atoms with van der Waals surface area (Å²) in [5.41, 5.74) is 13.8. The number of hydrogen-bond donors (Lipinski definition) is 4. The van der Waals surface area contributed by atoms with Crippen molar-refractivity contribution in [3.8, 4) is 0 Å². The highest BCUT2D eigenvalue weighted by atomic mass is 35.5. The minimum absolute atomic E-state index is 0.0190. The van der Waals surface area contributed by atoms with Gasteiger partial charge < -0.3 is 58.1 Å². The molecular formula is C52H48Cl3FN10O14P2. The van der Waals surface area contributed by atoms with Crippen LogP contribution >= 0.6 is 50.0 Å². The van der Waals surface area contributed by atoms with Crippen LogP contribution in [0.2, 0.25) is 15.1 Å². The van der Waals surface area contributed by atoms with Gasteiger partial charge in [0.2, 0.25) is 11.9 Å². The third kappa shape index (κ3) is 15.5. The predicted molar refractivity (Wildman–Crippen MR) is 301 cm³/mol. The molecule has 2 aliphatic heterocycles. The first-order valence-electron chi connectivity index (χ1n) is 24.3. The predicted octanol–water partition coefficient (Wildman–Crippen LogP) is 10.1. The van der Waals surface area contributed by atoms with Gasteiger partial charge in [-0.15, -0.1) is 0 Å². The summed E-state index contributed by atoms with van der Waals surface area (Å²) < 4.78 is 101. The van der Waals surface area contributed by atoms with Crippen molar-refractivity contribution in [1.29, 1.82) is 0 Å².